The van der Waals surface area contributed by atoms with Crippen LogP contribution < -0.4 is 10.1 Å². The van der Waals surface area contributed by atoms with Crippen molar-refractivity contribution in [2.24, 2.45) is 5.92 Å². The lowest BCUT2D eigenvalue weighted by Gasteiger charge is -2.32. The van der Waals surface area contributed by atoms with Crippen molar-refractivity contribution < 1.29 is 18.7 Å². The van der Waals surface area contributed by atoms with E-state index >= 15 is 0 Å². The van der Waals surface area contributed by atoms with E-state index in [0.717, 1.165) is 12.8 Å². The first-order valence-corrected chi connectivity index (χ1v) is 8.96. The fourth-order valence-electron chi connectivity index (χ4n) is 3.00. The number of carbonyl (C=O) groups is 2. The molecule has 0 radical (unpaired) electrons. The predicted molar refractivity (Wildman–Crippen MR) is 97.8 cm³/mol. The van der Waals surface area contributed by atoms with Crippen LogP contribution in [0.2, 0.25) is 0 Å². The van der Waals surface area contributed by atoms with Gasteiger partial charge in [-0.1, -0.05) is 0 Å². The molecule has 27 heavy (non-hydrogen) atoms. The fraction of sp³-hybridized carbons (Fsp3) is 0.350. The second kappa shape index (κ2) is 9.12. The van der Waals surface area contributed by atoms with E-state index in [0.29, 0.717) is 36.9 Å². The van der Waals surface area contributed by atoms with E-state index in [2.05, 4.69) is 10.3 Å². The van der Waals surface area contributed by atoms with Gasteiger partial charge in [-0.05, 0) is 55.2 Å². The molecule has 0 atom stereocenters. The minimum absolute atomic E-state index is 0.00159. The molecule has 6 nitrogen and oxygen atoms in total. The number of piperidine rings is 1. The van der Waals surface area contributed by atoms with Crippen molar-refractivity contribution in [3.63, 3.8) is 0 Å². The van der Waals surface area contributed by atoms with Crippen LogP contribution in [-0.4, -0.2) is 47.9 Å². The van der Waals surface area contributed by atoms with Crippen molar-refractivity contribution in [1.82, 2.24) is 15.2 Å². The number of carbonyl (C=O) groups excluding carboxylic acids is 2. The van der Waals surface area contributed by atoms with Gasteiger partial charge in [-0.2, -0.15) is 0 Å². The van der Waals surface area contributed by atoms with E-state index in [4.69, 9.17) is 4.74 Å². The van der Waals surface area contributed by atoms with Crippen LogP contribution in [0.1, 0.15) is 23.2 Å². The highest BCUT2D eigenvalue weighted by molar-refractivity contribution is 5.93. The zero-order valence-corrected chi connectivity index (χ0v) is 14.9. The first-order valence-electron chi connectivity index (χ1n) is 8.96. The van der Waals surface area contributed by atoms with Gasteiger partial charge in [0, 0.05) is 32.0 Å². The molecule has 1 aliphatic rings. The average molecular weight is 371 g/mol. The second-order valence-electron chi connectivity index (χ2n) is 6.52. The lowest BCUT2D eigenvalue weighted by atomic mass is 9.96. The van der Waals surface area contributed by atoms with Gasteiger partial charge in [0.1, 0.15) is 11.6 Å². The normalized spacial score (nSPS) is 14.6. The van der Waals surface area contributed by atoms with Crippen LogP contribution in [0.15, 0.2) is 48.8 Å². The van der Waals surface area contributed by atoms with Gasteiger partial charge in [0.25, 0.3) is 11.8 Å². The first kappa shape index (κ1) is 18.8. The van der Waals surface area contributed by atoms with Crippen LogP contribution in [0.25, 0.3) is 0 Å². The summed E-state index contributed by atoms with van der Waals surface area (Å²) in [6.07, 6.45) is 4.90. The summed E-state index contributed by atoms with van der Waals surface area (Å²) < 4.78 is 18.1. The molecule has 2 aromatic rings. The molecule has 1 aromatic carbocycles. The van der Waals surface area contributed by atoms with Gasteiger partial charge in [-0.25, -0.2) is 4.39 Å². The number of ether oxygens (including phenoxy) is 1. The molecule has 142 valence electrons. The largest absolute Gasteiger partial charge is 0.484 e. The minimum Gasteiger partial charge on any atom is -0.484 e. The molecule has 2 amide bonds. The Kier molecular flexibility index (Phi) is 6.35. The molecular formula is C20H22FN3O3. The van der Waals surface area contributed by atoms with Crippen molar-refractivity contribution in [3.05, 3.63) is 60.2 Å². The zero-order chi connectivity index (χ0) is 19.1. The molecule has 2 heterocycles. The Bertz CT molecular complexity index is 760. The molecule has 1 aliphatic heterocycles. The zero-order valence-electron chi connectivity index (χ0n) is 14.9. The van der Waals surface area contributed by atoms with Crippen molar-refractivity contribution in [2.45, 2.75) is 12.8 Å². The molecule has 1 aromatic heterocycles. The maximum atomic E-state index is 12.8. The quantitative estimate of drug-likeness (QED) is 0.846. The van der Waals surface area contributed by atoms with Crippen molar-refractivity contribution in [1.29, 1.82) is 0 Å². The van der Waals surface area contributed by atoms with Crippen molar-refractivity contribution >= 4 is 11.8 Å². The molecular weight excluding hydrogens is 349 g/mol. The summed E-state index contributed by atoms with van der Waals surface area (Å²) in [7, 11) is 0. The van der Waals surface area contributed by atoms with Crippen molar-refractivity contribution in [2.75, 3.05) is 26.2 Å². The number of likely N-dealkylation sites (tertiary alicyclic amines) is 1. The molecule has 0 spiro atoms. The summed E-state index contributed by atoms with van der Waals surface area (Å²) in [5.74, 6) is 0.220. The smallest absolute Gasteiger partial charge is 0.257 e. The Balaban J connectivity index is 1.36. The topological polar surface area (TPSA) is 71.5 Å². The Hall–Kier alpha value is -2.96. The summed E-state index contributed by atoms with van der Waals surface area (Å²) in [5.41, 5.74) is 0.599. The van der Waals surface area contributed by atoms with E-state index in [9.17, 15) is 14.0 Å². The average Bonchev–Trinajstić information content (AvgIpc) is 2.72. The van der Waals surface area contributed by atoms with Crippen LogP contribution in [-0.2, 0) is 4.79 Å². The van der Waals surface area contributed by atoms with Gasteiger partial charge < -0.3 is 15.0 Å². The molecule has 1 fully saturated rings. The number of pyridine rings is 1. The molecule has 0 saturated carbocycles. The number of nitrogens with zero attached hydrogens (tertiary/aromatic N) is 2. The number of halogens is 1. The number of amides is 2. The molecule has 1 N–H and O–H groups in total. The third-order valence-corrected chi connectivity index (χ3v) is 4.58. The monoisotopic (exact) mass is 371 g/mol. The van der Waals surface area contributed by atoms with E-state index in [1.54, 1.807) is 24.5 Å². The van der Waals surface area contributed by atoms with Crippen LogP contribution in [0, 0.1) is 11.7 Å². The van der Waals surface area contributed by atoms with Crippen LogP contribution in [0.3, 0.4) is 0 Å². The summed E-state index contributed by atoms with van der Waals surface area (Å²) in [5, 5.41) is 2.86. The Labute approximate surface area is 157 Å². The lowest BCUT2D eigenvalue weighted by molar-refractivity contribution is -0.123. The molecule has 7 heteroatoms. The van der Waals surface area contributed by atoms with Crippen molar-refractivity contribution in [3.8, 4) is 5.75 Å². The van der Waals surface area contributed by atoms with E-state index in [-0.39, 0.29) is 24.2 Å². The summed E-state index contributed by atoms with van der Waals surface area (Å²) >= 11 is 0. The van der Waals surface area contributed by atoms with Gasteiger partial charge in [-0.15, -0.1) is 0 Å². The number of rotatable bonds is 6. The van der Waals surface area contributed by atoms with E-state index < -0.39 is 0 Å². The lowest BCUT2D eigenvalue weighted by Crippen LogP contribution is -2.42. The van der Waals surface area contributed by atoms with Gasteiger partial charge in [0.15, 0.2) is 6.61 Å². The Morgan fingerprint density at radius 3 is 2.59 bits per heavy atom. The third-order valence-electron chi connectivity index (χ3n) is 4.58. The Morgan fingerprint density at radius 2 is 1.93 bits per heavy atom. The third kappa shape index (κ3) is 5.51. The van der Waals surface area contributed by atoms with E-state index in [1.807, 2.05) is 4.90 Å². The summed E-state index contributed by atoms with van der Waals surface area (Å²) in [4.78, 5) is 30.1. The maximum Gasteiger partial charge on any atom is 0.257 e. The Morgan fingerprint density at radius 1 is 1.19 bits per heavy atom. The standard InChI is InChI=1S/C20H22FN3O3/c21-17-3-5-18(6-4-17)27-14-19(25)23-12-15-7-10-24(11-8-15)20(26)16-2-1-9-22-13-16/h1-6,9,13,15H,7-8,10-12,14H2,(H,23,25). The number of aromatic nitrogens is 1. The van der Waals surface area contributed by atoms with Gasteiger partial charge >= 0.3 is 0 Å². The van der Waals surface area contributed by atoms with Crippen LogP contribution in [0.4, 0.5) is 4.39 Å². The molecule has 3 rings (SSSR count). The highest BCUT2D eigenvalue weighted by Crippen LogP contribution is 2.18. The number of nitrogens with one attached hydrogen (secondary N) is 1. The van der Waals surface area contributed by atoms with Gasteiger partial charge in [0.05, 0.1) is 5.56 Å². The fourth-order valence-corrected chi connectivity index (χ4v) is 3.00. The second-order valence-corrected chi connectivity index (χ2v) is 6.52. The maximum absolute atomic E-state index is 12.8. The highest BCUT2D eigenvalue weighted by Gasteiger charge is 2.24. The number of hydrogen-bond acceptors (Lipinski definition) is 4. The number of hydrogen-bond donors (Lipinski definition) is 1. The summed E-state index contributed by atoms with van der Waals surface area (Å²) in [6, 6.07) is 9.06. The summed E-state index contributed by atoms with van der Waals surface area (Å²) in [6.45, 7) is 1.78. The SMILES string of the molecule is O=C(COc1ccc(F)cc1)NCC1CCN(C(=O)c2cccnc2)CC1. The van der Waals surface area contributed by atoms with Crippen LogP contribution >= 0.6 is 0 Å². The minimum atomic E-state index is -0.347. The van der Waals surface area contributed by atoms with Gasteiger partial charge in [-0.3, -0.25) is 14.6 Å². The van der Waals surface area contributed by atoms with Gasteiger partial charge in [0.2, 0.25) is 0 Å². The molecule has 0 unspecified atom stereocenters. The highest BCUT2D eigenvalue weighted by atomic mass is 19.1. The predicted octanol–water partition coefficient (Wildman–Crippen LogP) is 2.27. The molecule has 0 bridgehead atoms. The number of benzene rings is 1. The van der Waals surface area contributed by atoms with E-state index in [1.165, 1.54) is 24.3 Å². The van der Waals surface area contributed by atoms with Crippen LogP contribution in [0.5, 0.6) is 5.75 Å². The molecule has 1 saturated heterocycles. The first-order chi connectivity index (χ1) is 13.1. The molecule has 0 aliphatic carbocycles.